The third-order valence-corrected chi connectivity index (χ3v) is 4.37. The van der Waals surface area contributed by atoms with Gasteiger partial charge in [0.2, 0.25) is 5.91 Å². The van der Waals surface area contributed by atoms with Crippen molar-refractivity contribution in [3.05, 3.63) is 29.8 Å². The second kappa shape index (κ2) is 4.90. The number of para-hydroxylation sites is 1. The van der Waals surface area contributed by atoms with Gasteiger partial charge in [-0.1, -0.05) is 25.1 Å². The Morgan fingerprint density at radius 2 is 2.05 bits per heavy atom. The maximum absolute atomic E-state index is 12.7. The minimum absolute atomic E-state index is 0.0405. The molecule has 3 atom stereocenters. The Morgan fingerprint density at radius 3 is 2.70 bits per heavy atom. The van der Waals surface area contributed by atoms with E-state index in [9.17, 15) is 14.7 Å². The number of rotatable bonds is 2. The zero-order valence-electron chi connectivity index (χ0n) is 11.4. The summed E-state index contributed by atoms with van der Waals surface area (Å²) < 4.78 is 0. The van der Waals surface area contributed by atoms with Gasteiger partial charge in [0.25, 0.3) is 0 Å². The van der Waals surface area contributed by atoms with E-state index in [1.54, 1.807) is 11.0 Å². The van der Waals surface area contributed by atoms with Crippen LogP contribution in [0.15, 0.2) is 24.3 Å². The van der Waals surface area contributed by atoms with Crippen LogP contribution in [0.1, 0.15) is 18.4 Å². The summed E-state index contributed by atoms with van der Waals surface area (Å²) in [6.07, 6.45) is 0. The van der Waals surface area contributed by atoms with Crippen LogP contribution in [-0.4, -0.2) is 36.6 Å². The molecule has 5 nitrogen and oxygen atoms in total. The van der Waals surface area contributed by atoms with E-state index in [2.05, 4.69) is 12.2 Å². The molecule has 20 heavy (non-hydrogen) atoms. The Balaban J connectivity index is 1.92. The molecule has 0 spiro atoms. The third-order valence-electron chi connectivity index (χ3n) is 4.37. The lowest BCUT2D eigenvalue weighted by molar-refractivity contribution is -0.138. The van der Waals surface area contributed by atoms with E-state index in [0.717, 1.165) is 17.8 Å². The highest BCUT2D eigenvalue weighted by Crippen LogP contribution is 2.37. The third kappa shape index (κ3) is 1.98. The molecule has 1 unspecified atom stereocenters. The lowest BCUT2D eigenvalue weighted by Crippen LogP contribution is -2.38. The average molecular weight is 274 g/mol. The van der Waals surface area contributed by atoms with Gasteiger partial charge < -0.3 is 15.3 Å². The standard InChI is InChI=1S/C15H18N2O3/c1-9-6-16-7-11(9)14(18)17-8-12(15(19)20)10-4-2-3-5-13(10)17/h2-5,9,11-12,16H,6-8H2,1H3,(H,19,20)/t9-,11-,12?/m1/s1. The number of carboxylic acids is 1. The highest BCUT2D eigenvalue weighted by atomic mass is 16.4. The number of carboxylic acid groups (broad SMARTS) is 1. The van der Waals surface area contributed by atoms with Crippen LogP contribution in [0.3, 0.4) is 0 Å². The summed E-state index contributed by atoms with van der Waals surface area (Å²) in [5, 5.41) is 12.5. The van der Waals surface area contributed by atoms with Gasteiger partial charge in [-0.05, 0) is 24.1 Å². The van der Waals surface area contributed by atoms with Gasteiger partial charge in [-0.2, -0.15) is 0 Å². The summed E-state index contributed by atoms with van der Waals surface area (Å²) in [6.45, 7) is 3.82. The number of aliphatic carboxylic acids is 1. The van der Waals surface area contributed by atoms with E-state index < -0.39 is 11.9 Å². The molecule has 2 aliphatic rings. The minimum Gasteiger partial charge on any atom is -0.481 e. The number of benzene rings is 1. The van der Waals surface area contributed by atoms with E-state index in [-0.39, 0.29) is 18.4 Å². The van der Waals surface area contributed by atoms with Gasteiger partial charge in [-0.15, -0.1) is 0 Å². The highest BCUT2D eigenvalue weighted by Gasteiger charge is 2.40. The summed E-state index contributed by atoms with van der Waals surface area (Å²) in [6, 6.07) is 7.31. The van der Waals surface area contributed by atoms with E-state index in [1.165, 1.54) is 0 Å². The first-order chi connectivity index (χ1) is 9.59. The molecule has 106 valence electrons. The van der Waals surface area contributed by atoms with E-state index in [4.69, 9.17) is 0 Å². The van der Waals surface area contributed by atoms with Gasteiger partial charge in [0.1, 0.15) is 5.92 Å². The number of nitrogens with zero attached hydrogens (tertiary/aromatic N) is 1. The highest BCUT2D eigenvalue weighted by molar-refractivity contribution is 6.00. The lowest BCUT2D eigenvalue weighted by Gasteiger charge is -2.23. The van der Waals surface area contributed by atoms with Crippen LogP contribution in [0, 0.1) is 11.8 Å². The number of hydrogen-bond acceptors (Lipinski definition) is 3. The quantitative estimate of drug-likeness (QED) is 0.846. The molecular weight excluding hydrogens is 256 g/mol. The van der Waals surface area contributed by atoms with Crippen LogP contribution in [0.2, 0.25) is 0 Å². The van der Waals surface area contributed by atoms with Crippen molar-refractivity contribution in [3.8, 4) is 0 Å². The molecule has 2 N–H and O–H groups in total. The molecule has 1 amide bonds. The summed E-state index contributed by atoms with van der Waals surface area (Å²) in [7, 11) is 0. The lowest BCUT2D eigenvalue weighted by atomic mass is 9.96. The molecule has 0 saturated carbocycles. The summed E-state index contributed by atoms with van der Waals surface area (Å²) >= 11 is 0. The smallest absolute Gasteiger partial charge is 0.312 e. The van der Waals surface area contributed by atoms with Gasteiger partial charge in [0.15, 0.2) is 0 Å². The van der Waals surface area contributed by atoms with Crippen LogP contribution in [0.4, 0.5) is 5.69 Å². The van der Waals surface area contributed by atoms with E-state index >= 15 is 0 Å². The van der Waals surface area contributed by atoms with Crippen LogP contribution in [0.5, 0.6) is 0 Å². The molecular formula is C15H18N2O3. The van der Waals surface area contributed by atoms with Crippen molar-refractivity contribution < 1.29 is 14.7 Å². The van der Waals surface area contributed by atoms with Gasteiger partial charge in [-0.25, -0.2) is 0 Å². The Morgan fingerprint density at radius 1 is 1.30 bits per heavy atom. The monoisotopic (exact) mass is 274 g/mol. The number of amides is 1. The predicted molar refractivity (Wildman–Crippen MR) is 74.7 cm³/mol. The first-order valence-corrected chi connectivity index (χ1v) is 6.93. The Kier molecular flexibility index (Phi) is 3.22. The molecule has 0 aliphatic carbocycles. The fourth-order valence-corrected chi connectivity index (χ4v) is 3.17. The molecule has 5 heteroatoms. The van der Waals surface area contributed by atoms with Crippen LogP contribution in [-0.2, 0) is 9.59 Å². The van der Waals surface area contributed by atoms with Gasteiger partial charge in [0, 0.05) is 18.8 Å². The molecule has 1 saturated heterocycles. The van der Waals surface area contributed by atoms with Crippen molar-refractivity contribution >= 4 is 17.6 Å². The topological polar surface area (TPSA) is 69.6 Å². The van der Waals surface area contributed by atoms with Crippen molar-refractivity contribution in [3.63, 3.8) is 0 Å². The van der Waals surface area contributed by atoms with Crippen molar-refractivity contribution in [2.24, 2.45) is 11.8 Å². The summed E-state index contributed by atoms with van der Waals surface area (Å²) in [5.74, 6) is -1.21. The summed E-state index contributed by atoms with van der Waals surface area (Å²) in [4.78, 5) is 25.7. The largest absolute Gasteiger partial charge is 0.481 e. The fraction of sp³-hybridized carbons (Fsp3) is 0.467. The molecule has 3 rings (SSSR count). The number of carbonyl (C=O) groups is 2. The Labute approximate surface area is 117 Å². The van der Waals surface area contributed by atoms with Gasteiger partial charge in [0.05, 0.1) is 5.92 Å². The van der Waals surface area contributed by atoms with Crippen molar-refractivity contribution in [2.75, 3.05) is 24.5 Å². The van der Waals surface area contributed by atoms with Gasteiger partial charge in [-0.3, -0.25) is 9.59 Å². The molecule has 2 aliphatic heterocycles. The average Bonchev–Trinajstić information content (AvgIpc) is 3.01. The summed E-state index contributed by atoms with van der Waals surface area (Å²) in [5.41, 5.74) is 1.50. The van der Waals surface area contributed by atoms with Crippen molar-refractivity contribution in [1.82, 2.24) is 5.32 Å². The molecule has 1 aromatic carbocycles. The SMILES string of the molecule is C[C@@H]1CNC[C@H]1C(=O)N1CC(C(=O)O)c2ccccc21. The minimum atomic E-state index is -0.870. The van der Waals surface area contributed by atoms with Crippen LogP contribution >= 0.6 is 0 Å². The molecule has 1 aromatic rings. The second-order valence-electron chi connectivity index (χ2n) is 5.64. The fourth-order valence-electron chi connectivity index (χ4n) is 3.17. The maximum atomic E-state index is 12.7. The number of carbonyl (C=O) groups excluding carboxylic acids is 1. The number of nitrogens with one attached hydrogen (secondary N) is 1. The van der Waals surface area contributed by atoms with Crippen LogP contribution in [0.25, 0.3) is 0 Å². The first-order valence-electron chi connectivity index (χ1n) is 6.93. The number of fused-ring (bicyclic) bond motifs is 1. The van der Waals surface area contributed by atoms with E-state index in [1.807, 2.05) is 18.2 Å². The molecule has 0 aromatic heterocycles. The van der Waals surface area contributed by atoms with E-state index in [0.29, 0.717) is 12.5 Å². The molecule has 0 bridgehead atoms. The number of anilines is 1. The normalized spacial score (nSPS) is 28.4. The molecule has 1 fully saturated rings. The Hall–Kier alpha value is -1.88. The molecule has 2 heterocycles. The maximum Gasteiger partial charge on any atom is 0.312 e. The van der Waals surface area contributed by atoms with Crippen LogP contribution < -0.4 is 10.2 Å². The number of hydrogen-bond donors (Lipinski definition) is 2. The second-order valence-corrected chi connectivity index (χ2v) is 5.64. The van der Waals surface area contributed by atoms with Crippen molar-refractivity contribution in [1.29, 1.82) is 0 Å². The molecule has 0 radical (unpaired) electrons. The van der Waals surface area contributed by atoms with Gasteiger partial charge >= 0.3 is 5.97 Å². The van der Waals surface area contributed by atoms with Crippen molar-refractivity contribution in [2.45, 2.75) is 12.8 Å². The predicted octanol–water partition coefficient (Wildman–Crippen LogP) is 1.06. The zero-order valence-corrected chi connectivity index (χ0v) is 11.4. The first kappa shape index (κ1) is 13.1. The zero-order chi connectivity index (χ0) is 14.3. The Bertz CT molecular complexity index is 558.